The van der Waals surface area contributed by atoms with Crippen LogP contribution in [0, 0.1) is 0 Å². The monoisotopic (exact) mass is 124 g/mol. The Balaban J connectivity index is 0.0000000922. The van der Waals surface area contributed by atoms with Crippen LogP contribution in [0.5, 0.6) is 0 Å². The zero-order chi connectivity index (χ0) is 6.36. The molecule has 1 heterocycles. The molecule has 0 aromatic carbocycles. The maximum Gasteiger partial charge on any atom is 0.0902 e. The zero-order valence-electron chi connectivity index (χ0n) is 5.55. The molecule has 1 aliphatic rings. The molecular weight excluding hydrogens is 112 g/mol. The highest BCUT2D eigenvalue weighted by atomic mass is 16.3. The highest BCUT2D eigenvalue weighted by molar-refractivity contribution is 4.79. The first-order chi connectivity index (χ1) is 4.50. The Kier molecular flexibility index (Phi) is 2.98. The Hall–Kier alpha value is -0.720. The Bertz CT molecular complexity index is 95.9. The largest absolute Gasteiger partial charge is 0.473 e. The van der Waals surface area contributed by atoms with E-state index < -0.39 is 0 Å². The van der Waals surface area contributed by atoms with E-state index in [0.29, 0.717) is 0 Å². The molecule has 1 saturated carbocycles. The molecule has 1 fully saturated rings. The van der Waals surface area contributed by atoms with Crippen LogP contribution in [0.25, 0.3) is 0 Å². The van der Waals surface area contributed by atoms with Crippen LogP contribution in [0.1, 0.15) is 25.7 Å². The van der Waals surface area contributed by atoms with Crippen molar-refractivity contribution in [2.24, 2.45) is 0 Å². The summed E-state index contributed by atoms with van der Waals surface area (Å²) < 4.78 is 4.58. The Morgan fingerprint density at radius 2 is 1.22 bits per heavy atom. The average molecular weight is 124 g/mol. The highest BCUT2D eigenvalue weighted by Gasteiger charge is 1.95. The minimum Gasteiger partial charge on any atom is -0.473 e. The molecule has 0 radical (unpaired) electrons. The first kappa shape index (κ1) is 6.40. The molecule has 0 amide bonds. The minimum absolute atomic E-state index is 1.50. The van der Waals surface area contributed by atoms with Gasteiger partial charge < -0.3 is 4.42 Å². The van der Waals surface area contributed by atoms with Gasteiger partial charge in [-0.2, -0.15) is 0 Å². The molecule has 50 valence electrons. The fourth-order valence-corrected chi connectivity index (χ4v) is 0.477. The van der Waals surface area contributed by atoms with Crippen molar-refractivity contribution in [3.05, 3.63) is 24.7 Å². The van der Waals surface area contributed by atoms with Crippen molar-refractivity contribution < 1.29 is 4.42 Å². The van der Waals surface area contributed by atoms with Crippen molar-refractivity contribution >= 4 is 0 Å². The molecule has 9 heavy (non-hydrogen) atoms. The van der Waals surface area contributed by atoms with Gasteiger partial charge in [0, 0.05) is 0 Å². The molecule has 1 aromatic rings. The molecule has 2 rings (SSSR count). The van der Waals surface area contributed by atoms with Crippen molar-refractivity contribution in [1.29, 1.82) is 0 Å². The third-order valence-corrected chi connectivity index (χ3v) is 1.43. The van der Waals surface area contributed by atoms with Gasteiger partial charge in [-0.3, -0.25) is 0 Å². The van der Waals surface area contributed by atoms with Crippen LogP contribution in [0.4, 0.5) is 0 Å². The van der Waals surface area contributed by atoms with Gasteiger partial charge in [0.05, 0.1) is 12.5 Å². The lowest BCUT2D eigenvalue weighted by Crippen LogP contribution is -1.85. The number of rotatable bonds is 0. The van der Waals surface area contributed by atoms with Crippen LogP contribution in [0.15, 0.2) is 29.1 Å². The molecule has 1 aliphatic carbocycles. The van der Waals surface area contributed by atoms with Crippen molar-refractivity contribution in [1.82, 2.24) is 0 Å². The van der Waals surface area contributed by atoms with Crippen LogP contribution in [-0.2, 0) is 0 Å². The van der Waals surface area contributed by atoms with E-state index in [1.807, 2.05) is 12.1 Å². The predicted molar refractivity (Wildman–Crippen MR) is 37.2 cm³/mol. The van der Waals surface area contributed by atoms with Gasteiger partial charge in [-0.25, -0.2) is 0 Å². The molecule has 1 aromatic heterocycles. The van der Waals surface area contributed by atoms with Gasteiger partial charge in [0.2, 0.25) is 0 Å². The third-order valence-electron chi connectivity index (χ3n) is 1.43. The standard InChI is InChI=1S/C4H4O.C4H8/c1-2-4-5-3-1;1-2-4-3-1/h1-4H;1-4H2. The smallest absolute Gasteiger partial charge is 0.0902 e. The third kappa shape index (κ3) is 2.96. The van der Waals surface area contributed by atoms with Gasteiger partial charge in [-0.1, -0.05) is 25.7 Å². The van der Waals surface area contributed by atoms with Crippen LogP contribution in [0.3, 0.4) is 0 Å². The lowest BCUT2D eigenvalue weighted by Gasteiger charge is -2.05. The van der Waals surface area contributed by atoms with E-state index in [1.165, 1.54) is 25.7 Å². The molecule has 0 bridgehead atoms. The van der Waals surface area contributed by atoms with Gasteiger partial charge in [0.15, 0.2) is 0 Å². The molecule has 0 atom stereocenters. The first-order valence-electron chi connectivity index (χ1n) is 3.47. The van der Waals surface area contributed by atoms with E-state index in [9.17, 15) is 0 Å². The Labute approximate surface area is 55.7 Å². The maximum absolute atomic E-state index is 4.58. The SMILES string of the molecule is C1CCC1.c1ccoc1. The summed E-state index contributed by atoms with van der Waals surface area (Å²) in [5.41, 5.74) is 0. The number of hydrogen-bond acceptors (Lipinski definition) is 1. The van der Waals surface area contributed by atoms with Crippen LogP contribution in [-0.4, -0.2) is 0 Å². The fraction of sp³-hybridized carbons (Fsp3) is 0.500. The molecule has 0 aliphatic heterocycles. The molecule has 0 N–H and O–H groups in total. The summed E-state index contributed by atoms with van der Waals surface area (Å²) in [4.78, 5) is 0. The molecule has 1 nitrogen and oxygen atoms in total. The van der Waals surface area contributed by atoms with E-state index >= 15 is 0 Å². The maximum atomic E-state index is 4.58. The van der Waals surface area contributed by atoms with E-state index in [2.05, 4.69) is 4.42 Å². The van der Waals surface area contributed by atoms with E-state index in [4.69, 9.17) is 0 Å². The minimum atomic E-state index is 1.50. The second-order valence-electron chi connectivity index (χ2n) is 2.21. The van der Waals surface area contributed by atoms with Gasteiger partial charge in [0.1, 0.15) is 0 Å². The second kappa shape index (κ2) is 4.19. The quantitative estimate of drug-likeness (QED) is 0.518. The molecule has 0 unspecified atom stereocenters. The molecule has 0 spiro atoms. The van der Waals surface area contributed by atoms with E-state index in [0.717, 1.165) is 0 Å². The van der Waals surface area contributed by atoms with Crippen molar-refractivity contribution in [2.45, 2.75) is 25.7 Å². The highest BCUT2D eigenvalue weighted by Crippen LogP contribution is 2.15. The predicted octanol–water partition coefficient (Wildman–Crippen LogP) is 2.84. The van der Waals surface area contributed by atoms with Crippen LogP contribution in [0.2, 0.25) is 0 Å². The summed E-state index contributed by atoms with van der Waals surface area (Å²) in [6, 6.07) is 3.67. The summed E-state index contributed by atoms with van der Waals surface area (Å²) in [7, 11) is 0. The zero-order valence-corrected chi connectivity index (χ0v) is 5.55. The summed E-state index contributed by atoms with van der Waals surface area (Å²) in [6.45, 7) is 0. The van der Waals surface area contributed by atoms with Gasteiger partial charge in [-0.15, -0.1) is 0 Å². The van der Waals surface area contributed by atoms with Crippen molar-refractivity contribution in [3.63, 3.8) is 0 Å². The van der Waals surface area contributed by atoms with Crippen LogP contribution >= 0.6 is 0 Å². The van der Waals surface area contributed by atoms with Gasteiger partial charge in [-0.05, 0) is 12.1 Å². The average Bonchev–Trinajstić information content (AvgIpc) is 2.07. The lowest BCUT2D eigenvalue weighted by atomic mass is 10.0. The normalized spacial score (nSPS) is 15.1. The van der Waals surface area contributed by atoms with E-state index in [-0.39, 0.29) is 0 Å². The first-order valence-corrected chi connectivity index (χ1v) is 3.47. The fourth-order valence-electron chi connectivity index (χ4n) is 0.477. The second-order valence-corrected chi connectivity index (χ2v) is 2.21. The molecular formula is C8H12O. The van der Waals surface area contributed by atoms with Crippen molar-refractivity contribution in [3.8, 4) is 0 Å². The summed E-state index contributed by atoms with van der Waals surface area (Å²) in [6.07, 6.45) is 9.25. The number of hydrogen-bond donors (Lipinski definition) is 0. The van der Waals surface area contributed by atoms with Crippen LogP contribution < -0.4 is 0 Å². The van der Waals surface area contributed by atoms with Gasteiger partial charge >= 0.3 is 0 Å². The summed E-state index contributed by atoms with van der Waals surface area (Å²) >= 11 is 0. The Morgan fingerprint density at radius 1 is 0.778 bits per heavy atom. The summed E-state index contributed by atoms with van der Waals surface area (Å²) in [5, 5.41) is 0. The molecule has 1 heteroatoms. The Morgan fingerprint density at radius 3 is 1.33 bits per heavy atom. The number of furan rings is 1. The van der Waals surface area contributed by atoms with E-state index in [1.54, 1.807) is 12.5 Å². The topological polar surface area (TPSA) is 13.1 Å². The van der Waals surface area contributed by atoms with Gasteiger partial charge in [0.25, 0.3) is 0 Å². The van der Waals surface area contributed by atoms with Crippen molar-refractivity contribution in [2.75, 3.05) is 0 Å². The molecule has 0 saturated heterocycles. The summed E-state index contributed by atoms with van der Waals surface area (Å²) in [5.74, 6) is 0. The lowest BCUT2D eigenvalue weighted by molar-refractivity contribution is 0.504.